The molecule has 0 amide bonds. The standard InChI is InChI=1S/C21H18ClN3OS/c1-25(11-14-5-3-2-4-6-14)12-18-23-20(26)19-17(13-27-21(19)24-18)15-7-9-16(22)10-8-15/h2-10,13H,11-12H2,1H3,(H,23,24,26). The molecule has 0 saturated carbocycles. The van der Waals surface area contributed by atoms with E-state index in [0.29, 0.717) is 22.8 Å². The smallest absolute Gasteiger partial charge is 0.260 e. The van der Waals surface area contributed by atoms with E-state index in [1.165, 1.54) is 16.9 Å². The topological polar surface area (TPSA) is 49.0 Å². The van der Waals surface area contributed by atoms with Crippen molar-refractivity contribution in [1.29, 1.82) is 0 Å². The summed E-state index contributed by atoms with van der Waals surface area (Å²) in [4.78, 5) is 23.2. The van der Waals surface area contributed by atoms with Crippen LogP contribution in [-0.4, -0.2) is 21.9 Å². The molecule has 4 nitrogen and oxygen atoms in total. The number of fused-ring (bicyclic) bond motifs is 1. The minimum atomic E-state index is -0.102. The van der Waals surface area contributed by atoms with Crippen molar-refractivity contribution >= 4 is 33.2 Å². The lowest BCUT2D eigenvalue weighted by molar-refractivity contribution is 0.311. The maximum absolute atomic E-state index is 12.7. The summed E-state index contributed by atoms with van der Waals surface area (Å²) < 4.78 is 0. The lowest BCUT2D eigenvalue weighted by Gasteiger charge is -2.16. The molecule has 0 spiro atoms. The minimum absolute atomic E-state index is 0.102. The van der Waals surface area contributed by atoms with Crippen LogP contribution in [0.4, 0.5) is 0 Å². The molecule has 2 aromatic heterocycles. The van der Waals surface area contributed by atoms with Gasteiger partial charge in [-0.05, 0) is 30.3 Å². The Morgan fingerprint density at radius 3 is 2.56 bits per heavy atom. The van der Waals surface area contributed by atoms with Gasteiger partial charge in [0.25, 0.3) is 5.56 Å². The molecule has 0 radical (unpaired) electrons. The first-order valence-corrected chi connectivity index (χ1v) is 9.85. The van der Waals surface area contributed by atoms with E-state index in [4.69, 9.17) is 11.6 Å². The maximum atomic E-state index is 12.7. The van der Waals surface area contributed by atoms with Crippen LogP contribution in [0.15, 0.2) is 64.8 Å². The van der Waals surface area contributed by atoms with E-state index in [9.17, 15) is 4.79 Å². The zero-order chi connectivity index (χ0) is 18.8. The zero-order valence-electron chi connectivity index (χ0n) is 14.8. The van der Waals surface area contributed by atoms with Crippen molar-refractivity contribution in [3.8, 4) is 11.1 Å². The summed E-state index contributed by atoms with van der Waals surface area (Å²) in [5.41, 5.74) is 2.98. The van der Waals surface area contributed by atoms with E-state index >= 15 is 0 Å². The van der Waals surface area contributed by atoms with Crippen LogP contribution < -0.4 is 5.56 Å². The summed E-state index contributed by atoms with van der Waals surface area (Å²) in [6, 6.07) is 17.7. The molecule has 4 aromatic rings. The summed E-state index contributed by atoms with van der Waals surface area (Å²) in [5, 5.41) is 3.29. The number of hydrogen-bond acceptors (Lipinski definition) is 4. The van der Waals surface area contributed by atoms with Gasteiger partial charge in [-0.1, -0.05) is 54.1 Å². The third-order valence-electron chi connectivity index (χ3n) is 4.36. The summed E-state index contributed by atoms with van der Waals surface area (Å²) in [6.07, 6.45) is 0. The predicted molar refractivity (Wildman–Crippen MR) is 112 cm³/mol. The van der Waals surface area contributed by atoms with Crippen molar-refractivity contribution in [2.45, 2.75) is 13.1 Å². The molecule has 4 rings (SSSR count). The molecule has 2 heterocycles. The summed E-state index contributed by atoms with van der Waals surface area (Å²) in [5.74, 6) is 0.676. The second-order valence-electron chi connectivity index (χ2n) is 6.51. The Morgan fingerprint density at radius 1 is 1.07 bits per heavy atom. The van der Waals surface area contributed by atoms with Gasteiger partial charge in [-0.3, -0.25) is 9.69 Å². The molecule has 0 aliphatic heterocycles. The third-order valence-corrected chi connectivity index (χ3v) is 5.49. The lowest BCUT2D eigenvalue weighted by atomic mass is 10.1. The van der Waals surface area contributed by atoms with Crippen molar-refractivity contribution in [2.24, 2.45) is 0 Å². The van der Waals surface area contributed by atoms with Gasteiger partial charge in [0.05, 0.1) is 11.9 Å². The van der Waals surface area contributed by atoms with Crippen LogP contribution in [0.25, 0.3) is 21.3 Å². The monoisotopic (exact) mass is 395 g/mol. The summed E-state index contributed by atoms with van der Waals surface area (Å²) in [6.45, 7) is 1.37. The molecule has 6 heteroatoms. The van der Waals surface area contributed by atoms with Crippen LogP contribution in [0.3, 0.4) is 0 Å². The normalized spacial score (nSPS) is 11.4. The first kappa shape index (κ1) is 17.9. The van der Waals surface area contributed by atoms with Crippen LogP contribution in [0.5, 0.6) is 0 Å². The number of nitrogens with one attached hydrogen (secondary N) is 1. The molecule has 0 bridgehead atoms. The SMILES string of the molecule is CN(Cc1ccccc1)Cc1nc2scc(-c3ccc(Cl)cc3)c2c(=O)[nH]1. The number of rotatable bonds is 5. The Labute approximate surface area is 166 Å². The highest BCUT2D eigenvalue weighted by Gasteiger charge is 2.14. The molecule has 1 N–H and O–H groups in total. The number of hydrogen-bond donors (Lipinski definition) is 1. The second kappa shape index (κ2) is 7.64. The van der Waals surface area contributed by atoms with Crippen LogP contribution in [-0.2, 0) is 13.1 Å². The molecular formula is C21H18ClN3OS. The van der Waals surface area contributed by atoms with Crippen molar-refractivity contribution in [1.82, 2.24) is 14.9 Å². The number of halogens is 1. The van der Waals surface area contributed by atoms with E-state index in [2.05, 4.69) is 27.0 Å². The van der Waals surface area contributed by atoms with Crippen LogP contribution in [0.2, 0.25) is 5.02 Å². The fourth-order valence-corrected chi connectivity index (χ4v) is 4.21. The Kier molecular flexibility index (Phi) is 5.07. The van der Waals surface area contributed by atoms with Crippen LogP contribution in [0, 0.1) is 0 Å². The Bertz CT molecular complexity index is 1120. The van der Waals surface area contributed by atoms with E-state index < -0.39 is 0 Å². The van der Waals surface area contributed by atoms with Gasteiger partial charge >= 0.3 is 0 Å². The molecule has 136 valence electrons. The molecule has 0 saturated heterocycles. The van der Waals surface area contributed by atoms with Gasteiger partial charge in [0.15, 0.2) is 0 Å². The number of aromatic amines is 1. The zero-order valence-corrected chi connectivity index (χ0v) is 16.3. The lowest BCUT2D eigenvalue weighted by Crippen LogP contribution is -2.21. The molecule has 27 heavy (non-hydrogen) atoms. The molecule has 0 aliphatic rings. The number of H-pyrrole nitrogens is 1. The first-order valence-electron chi connectivity index (χ1n) is 8.59. The molecule has 0 atom stereocenters. The number of aromatic nitrogens is 2. The van der Waals surface area contributed by atoms with Gasteiger partial charge in [-0.25, -0.2) is 4.98 Å². The van der Waals surface area contributed by atoms with Gasteiger partial charge in [-0.2, -0.15) is 0 Å². The minimum Gasteiger partial charge on any atom is -0.309 e. The van der Waals surface area contributed by atoms with Crippen molar-refractivity contribution in [3.63, 3.8) is 0 Å². The van der Waals surface area contributed by atoms with Crippen LogP contribution >= 0.6 is 22.9 Å². The highest BCUT2D eigenvalue weighted by atomic mass is 35.5. The average molecular weight is 396 g/mol. The molecule has 0 unspecified atom stereocenters. The molecule has 0 fully saturated rings. The Hall–Kier alpha value is -2.47. The first-order chi connectivity index (χ1) is 13.1. The average Bonchev–Trinajstić information content (AvgIpc) is 3.07. The van der Waals surface area contributed by atoms with Crippen molar-refractivity contribution in [3.05, 3.63) is 86.7 Å². The highest BCUT2D eigenvalue weighted by molar-refractivity contribution is 7.17. The number of benzene rings is 2. The van der Waals surface area contributed by atoms with E-state index in [1.807, 2.05) is 54.9 Å². The predicted octanol–water partition coefficient (Wildman–Crippen LogP) is 4.94. The molecule has 2 aromatic carbocycles. The van der Waals surface area contributed by atoms with E-state index in [0.717, 1.165) is 22.5 Å². The van der Waals surface area contributed by atoms with Crippen LogP contribution in [0.1, 0.15) is 11.4 Å². The van der Waals surface area contributed by atoms with Gasteiger partial charge in [0.2, 0.25) is 0 Å². The molecular weight excluding hydrogens is 378 g/mol. The summed E-state index contributed by atoms with van der Waals surface area (Å²) >= 11 is 7.46. The van der Waals surface area contributed by atoms with E-state index in [1.54, 1.807) is 0 Å². The summed E-state index contributed by atoms with van der Waals surface area (Å²) in [7, 11) is 2.02. The fraction of sp³-hybridized carbons (Fsp3) is 0.143. The largest absolute Gasteiger partial charge is 0.309 e. The van der Waals surface area contributed by atoms with Gasteiger partial charge in [0, 0.05) is 22.5 Å². The van der Waals surface area contributed by atoms with Crippen molar-refractivity contribution < 1.29 is 0 Å². The number of thiophene rings is 1. The van der Waals surface area contributed by atoms with Gasteiger partial charge in [-0.15, -0.1) is 11.3 Å². The Morgan fingerprint density at radius 2 is 1.81 bits per heavy atom. The van der Waals surface area contributed by atoms with Crippen molar-refractivity contribution in [2.75, 3.05) is 7.05 Å². The quantitative estimate of drug-likeness (QED) is 0.520. The van der Waals surface area contributed by atoms with E-state index in [-0.39, 0.29) is 5.56 Å². The third kappa shape index (κ3) is 3.95. The number of nitrogens with zero attached hydrogens (tertiary/aromatic N) is 2. The fourth-order valence-electron chi connectivity index (χ4n) is 3.12. The Balaban J connectivity index is 1.61. The molecule has 0 aliphatic carbocycles. The maximum Gasteiger partial charge on any atom is 0.260 e. The van der Waals surface area contributed by atoms with Gasteiger partial charge < -0.3 is 4.98 Å². The highest BCUT2D eigenvalue weighted by Crippen LogP contribution is 2.31. The van der Waals surface area contributed by atoms with Gasteiger partial charge in [0.1, 0.15) is 10.7 Å². The second-order valence-corrected chi connectivity index (χ2v) is 7.80.